The van der Waals surface area contributed by atoms with Crippen LogP contribution in [0.15, 0.2) is 29.5 Å². The number of aromatic nitrogens is 1. The van der Waals surface area contributed by atoms with E-state index in [0.717, 1.165) is 43.2 Å². The first kappa shape index (κ1) is 20.0. The molecular formula is C17H29IN4O. The van der Waals surface area contributed by atoms with Gasteiger partial charge in [0.15, 0.2) is 5.96 Å². The Balaban J connectivity index is 0.00000264. The van der Waals surface area contributed by atoms with Crippen LogP contribution in [0.1, 0.15) is 27.2 Å². The fraction of sp³-hybridized carbons (Fsp3) is 0.647. The summed E-state index contributed by atoms with van der Waals surface area (Å²) >= 11 is 0. The molecule has 0 bridgehead atoms. The monoisotopic (exact) mass is 432 g/mol. The Kier molecular flexibility index (Phi) is 9.28. The number of likely N-dealkylation sites (tertiary alicyclic amines) is 1. The number of hydrogen-bond acceptors (Lipinski definition) is 3. The first-order chi connectivity index (χ1) is 10.7. The van der Waals surface area contributed by atoms with Gasteiger partial charge in [0.1, 0.15) is 12.4 Å². The van der Waals surface area contributed by atoms with Crippen LogP contribution >= 0.6 is 24.0 Å². The number of ether oxygens (including phenoxy) is 1. The Hall–Kier alpha value is -1.05. The highest BCUT2D eigenvalue weighted by Crippen LogP contribution is 2.20. The Bertz CT molecular complexity index is 459. The van der Waals surface area contributed by atoms with Crippen molar-refractivity contribution in [3.63, 3.8) is 0 Å². The molecule has 1 aromatic heterocycles. The van der Waals surface area contributed by atoms with Crippen molar-refractivity contribution in [1.29, 1.82) is 0 Å². The molecule has 23 heavy (non-hydrogen) atoms. The number of halogens is 1. The minimum atomic E-state index is 0. The molecule has 2 unspecified atom stereocenters. The van der Waals surface area contributed by atoms with Crippen molar-refractivity contribution >= 4 is 29.9 Å². The summed E-state index contributed by atoms with van der Waals surface area (Å²) in [6.07, 6.45) is 4.77. The van der Waals surface area contributed by atoms with Crippen molar-refractivity contribution in [3.05, 3.63) is 24.5 Å². The van der Waals surface area contributed by atoms with E-state index in [-0.39, 0.29) is 24.0 Å². The predicted octanol–water partition coefficient (Wildman–Crippen LogP) is 3.02. The molecule has 5 nitrogen and oxygen atoms in total. The van der Waals surface area contributed by atoms with E-state index < -0.39 is 0 Å². The van der Waals surface area contributed by atoms with Gasteiger partial charge in [0.2, 0.25) is 0 Å². The second-order valence-electron chi connectivity index (χ2n) is 6.12. The van der Waals surface area contributed by atoms with Crippen LogP contribution in [0.2, 0.25) is 0 Å². The minimum Gasteiger partial charge on any atom is -0.490 e. The summed E-state index contributed by atoms with van der Waals surface area (Å²) in [4.78, 5) is 11.1. The van der Waals surface area contributed by atoms with Crippen LogP contribution in [0.25, 0.3) is 0 Å². The van der Waals surface area contributed by atoms with E-state index in [9.17, 15) is 0 Å². The largest absolute Gasteiger partial charge is 0.490 e. The fourth-order valence-electron chi connectivity index (χ4n) is 3.01. The summed E-state index contributed by atoms with van der Waals surface area (Å²) < 4.78 is 5.65. The number of nitrogens with zero attached hydrogens (tertiary/aromatic N) is 3. The number of piperidine rings is 1. The lowest BCUT2D eigenvalue weighted by atomic mass is 9.92. The van der Waals surface area contributed by atoms with Crippen LogP contribution in [0.3, 0.4) is 0 Å². The van der Waals surface area contributed by atoms with Crippen molar-refractivity contribution in [2.24, 2.45) is 16.8 Å². The normalized spacial score (nSPS) is 21.5. The Morgan fingerprint density at radius 2 is 2.13 bits per heavy atom. The summed E-state index contributed by atoms with van der Waals surface area (Å²) in [6, 6.07) is 3.79. The lowest BCUT2D eigenvalue weighted by Crippen LogP contribution is -2.48. The van der Waals surface area contributed by atoms with Gasteiger partial charge in [0.05, 0.1) is 12.7 Å². The average molecular weight is 432 g/mol. The third-order valence-electron chi connectivity index (χ3n) is 3.76. The van der Waals surface area contributed by atoms with Crippen molar-refractivity contribution < 1.29 is 4.74 Å². The molecule has 0 amide bonds. The molecule has 0 aliphatic carbocycles. The number of guanidine groups is 1. The van der Waals surface area contributed by atoms with Crippen molar-refractivity contribution in [3.8, 4) is 5.75 Å². The maximum Gasteiger partial charge on any atom is 0.194 e. The van der Waals surface area contributed by atoms with Crippen LogP contribution in [-0.4, -0.2) is 48.6 Å². The number of pyridine rings is 1. The molecule has 2 heterocycles. The van der Waals surface area contributed by atoms with Gasteiger partial charge in [-0.05, 0) is 37.3 Å². The summed E-state index contributed by atoms with van der Waals surface area (Å²) in [5.41, 5.74) is 0. The van der Waals surface area contributed by atoms with Crippen molar-refractivity contribution in [1.82, 2.24) is 15.2 Å². The smallest absolute Gasteiger partial charge is 0.194 e. The molecular weight excluding hydrogens is 403 g/mol. The zero-order valence-electron chi connectivity index (χ0n) is 14.4. The van der Waals surface area contributed by atoms with Gasteiger partial charge in [-0.15, -0.1) is 24.0 Å². The van der Waals surface area contributed by atoms with E-state index in [1.807, 2.05) is 12.1 Å². The Morgan fingerprint density at radius 1 is 1.39 bits per heavy atom. The van der Waals surface area contributed by atoms with E-state index in [1.54, 1.807) is 12.4 Å². The fourth-order valence-corrected chi connectivity index (χ4v) is 3.01. The predicted molar refractivity (Wildman–Crippen MR) is 106 cm³/mol. The number of aliphatic imine (C=N–C) groups is 1. The van der Waals surface area contributed by atoms with Gasteiger partial charge in [0.25, 0.3) is 0 Å². The highest BCUT2D eigenvalue weighted by atomic mass is 127. The van der Waals surface area contributed by atoms with Crippen LogP contribution < -0.4 is 10.1 Å². The van der Waals surface area contributed by atoms with Crippen LogP contribution in [0, 0.1) is 11.8 Å². The maximum atomic E-state index is 5.65. The molecule has 130 valence electrons. The molecule has 1 aromatic rings. The molecule has 0 saturated carbocycles. The average Bonchev–Trinajstić information content (AvgIpc) is 2.50. The standard InChI is InChI=1S/C17H28N4O.HI/c1-4-19-17(21-12-14(2)10-15(3)13-21)20-8-9-22-16-6-5-7-18-11-16;/h5-7,11,14-15H,4,8-10,12-13H2,1-3H3,(H,19,20);1H. The molecule has 0 aromatic carbocycles. The number of hydrogen-bond donors (Lipinski definition) is 1. The zero-order chi connectivity index (χ0) is 15.8. The molecule has 1 N–H and O–H groups in total. The summed E-state index contributed by atoms with van der Waals surface area (Å²) in [7, 11) is 0. The molecule has 1 aliphatic rings. The number of rotatable bonds is 5. The quantitative estimate of drug-likeness (QED) is 0.337. The topological polar surface area (TPSA) is 49.8 Å². The molecule has 2 rings (SSSR count). The second kappa shape index (κ2) is 10.7. The van der Waals surface area contributed by atoms with E-state index >= 15 is 0 Å². The lowest BCUT2D eigenvalue weighted by molar-refractivity contribution is 0.208. The molecule has 1 aliphatic heterocycles. The third-order valence-corrected chi connectivity index (χ3v) is 3.76. The van der Waals surface area contributed by atoms with E-state index in [0.29, 0.717) is 13.2 Å². The first-order valence-electron chi connectivity index (χ1n) is 8.25. The summed E-state index contributed by atoms with van der Waals surface area (Å²) in [6.45, 7) is 11.0. The molecule has 1 fully saturated rings. The van der Waals surface area contributed by atoms with Crippen molar-refractivity contribution in [2.45, 2.75) is 27.2 Å². The second-order valence-corrected chi connectivity index (χ2v) is 6.12. The molecule has 1 saturated heterocycles. The van der Waals surface area contributed by atoms with Gasteiger partial charge >= 0.3 is 0 Å². The Morgan fingerprint density at radius 3 is 2.74 bits per heavy atom. The van der Waals surface area contributed by atoms with Crippen LogP contribution in [0.5, 0.6) is 5.75 Å². The third kappa shape index (κ3) is 6.93. The summed E-state index contributed by atoms with van der Waals surface area (Å²) in [5.74, 6) is 3.25. The van der Waals surface area contributed by atoms with E-state index in [4.69, 9.17) is 9.73 Å². The lowest BCUT2D eigenvalue weighted by Gasteiger charge is -2.37. The van der Waals surface area contributed by atoms with Gasteiger partial charge in [0, 0.05) is 25.8 Å². The van der Waals surface area contributed by atoms with Gasteiger partial charge in [-0.2, -0.15) is 0 Å². The van der Waals surface area contributed by atoms with Gasteiger partial charge in [-0.25, -0.2) is 4.99 Å². The summed E-state index contributed by atoms with van der Waals surface area (Å²) in [5, 5.41) is 3.40. The Labute approximate surface area is 156 Å². The maximum absolute atomic E-state index is 5.65. The van der Waals surface area contributed by atoms with E-state index in [1.165, 1.54) is 6.42 Å². The highest BCUT2D eigenvalue weighted by Gasteiger charge is 2.23. The zero-order valence-corrected chi connectivity index (χ0v) is 16.7. The van der Waals surface area contributed by atoms with Gasteiger partial charge < -0.3 is 15.0 Å². The SMILES string of the molecule is CCNC(=NCCOc1cccnc1)N1CC(C)CC(C)C1.I. The van der Waals surface area contributed by atoms with Gasteiger partial charge in [-0.1, -0.05) is 13.8 Å². The molecule has 6 heteroatoms. The van der Waals surface area contributed by atoms with Crippen molar-refractivity contribution in [2.75, 3.05) is 32.8 Å². The van der Waals surface area contributed by atoms with Crippen LogP contribution in [-0.2, 0) is 0 Å². The first-order valence-corrected chi connectivity index (χ1v) is 8.25. The molecule has 0 radical (unpaired) electrons. The highest BCUT2D eigenvalue weighted by molar-refractivity contribution is 14.0. The van der Waals surface area contributed by atoms with E-state index in [2.05, 4.69) is 36.0 Å². The number of nitrogens with one attached hydrogen (secondary N) is 1. The van der Waals surface area contributed by atoms with Crippen LogP contribution in [0.4, 0.5) is 0 Å². The molecule has 0 spiro atoms. The minimum absolute atomic E-state index is 0. The van der Waals surface area contributed by atoms with Gasteiger partial charge in [-0.3, -0.25) is 4.98 Å². The molecule has 2 atom stereocenters.